The first-order chi connectivity index (χ1) is 9.54. The molecule has 0 saturated heterocycles. The number of benzene rings is 2. The summed E-state index contributed by atoms with van der Waals surface area (Å²) in [5, 5.41) is 10.0. The van der Waals surface area contributed by atoms with E-state index in [0.29, 0.717) is 11.4 Å². The number of para-hydroxylation sites is 1. The summed E-state index contributed by atoms with van der Waals surface area (Å²) in [6, 6.07) is 11.7. The molecule has 2 aromatic carbocycles. The van der Waals surface area contributed by atoms with Gasteiger partial charge < -0.3 is 20.5 Å². The fourth-order valence-corrected chi connectivity index (χ4v) is 1.89. The van der Waals surface area contributed by atoms with Crippen molar-refractivity contribution in [2.75, 3.05) is 24.8 Å². The molecule has 104 valence electrons. The topological polar surface area (TPSA) is 75.8 Å². The Hall–Kier alpha value is -2.69. The molecule has 2 aromatic rings. The van der Waals surface area contributed by atoms with E-state index in [1.165, 1.54) is 12.0 Å². The smallest absolute Gasteiger partial charge is 0.261 e. The number of carbonyl (C=O) groups is 1. The van der Waals surface area contributed by atoms with Crippen molar-refractivity contribution in [3.63, 3.8) is 0 Å². The molecule has 0 radical (unpaired) electrons. The van der Waals surface area contributed by atoms with Gasteiger partial charge in [0.15, 0.2) is 11.5 Å². The van der Waals surface area contributed by atoms with Crippen LogP contribution in [0, 0.1) is 0 Å². The molecule has 0 aliphatic rings. The third-order valence-electron chi connectivity index (χ3n) is 3.01. The minimum Gasteiger partial charge on any atom is -0.504 e. The van der Waals surface area contributed by atoms with Crippen molar-refractivity contribution in [2.45, 2.75) is 0 Å². The maximum absolute atomic E-state index is 12.4. The summed E-state index contributed by atoms with van der Waals surface area (Å²) in [5.41, 5.74) is 7.10. The number of ether oxygens (including phenoxy) is 1. The second-order valence-electron chi connectivity index (χ2n) is 4.32. The van der Waals surface area contributed by atoms with E-state index in [1.54, 1.807) is 49.5 Å². The zero-order valence-corrected chi connectivity index (χ0v) is 11.3. The predicted octanol–water partition coefficient (Wildman–Crippen LogP) is 2.26. The number of nitrogens with two attached hydrogens (primary N) is 1. The summed E-state index contributed by atoms with van der Waals surface area (Å²) in [6.45, 7) is 0. The second kappa shape index (κ2) is 5.52. The number of anilines is 2. The summed E-state index contributed by atoms with van der Waals surface area (Å²) in [5.74, 6) is -0.250. The lowest BCUT2D eigenvalue weighted by molar-refractivity contribution is 0.0990. The Morgan fingerprint density at radius 1 is 1.25 bits per heavy atom. The van der Waals surface area contributed by atoms with E-state index in [-0.39, 0.29) is 23.0 Å². The van der Waals surface area contributed by atoms with Crippen LogP contribution in [-0.2, 0) is 0 Å². The van der Waals surface area contributed by atoms with E-state index >= 15 is 0 Å². The number of rotatable bonds is 3. The standard InChI is InChI=1S/C15H16N2O3/c1-17(11-6-3-5-10(16)9-11)15(19)12-7-4-8-13(20-2)14(12)18/h3-9,18H,16H2,1-2H3. The van der Waals surface area contributed by atoms with Crippen molar-refractivity contribution in [3.05, 3.63) is 48.0 Å². The van der Waals surface area contributed by atoms with Crippen LogP contribution in [0.1, 0.15) is 10.4 Å². The average Bonchev–Trinajstić information content (AvgIpc) is 2.46. The Labute approximate surface area is 117 Å². The molecule has 0 aromatic heterocycles. The zero-order chi connectivity index (χ0) is 14.7. The summed E-state index contributed by atoms with van der Waals surface area (Å²) in [6.07, 6.45) is 0. The van der Waals surface area contributed by atoms with Crippen LogP contribution in [0.3, 0.4) is 0 Å². The second-order valence-corrected chi connectivity index (χ2v) is 4.32. The van der Waals surface area contributed by atoms with Crippen LogP contribution in [0.4, 0.5) is 11.4 Å². The molecule has 0 bridgehead atoms. The first-order valence-corrected chi connectivity index (χ1v) is 6.04. The number of carbonyl (C=O) groups excluding carboxylic acids is 1. The molecule has 1 amide bonds. The minimum absolute atomic E-state index is 0.171. The molecule has 2 rings (SSSR count). The fraction of sp³-hybridized carbons (Fsp3) is 0.133. The van der Waals surface area contributed by atoms with Crippen LogP contribution in [0.5, 0.6) is 11.5 Å². The van der Waals surface area contributed by atoms with Crippen LogP contribution in [0.15, 0.2) is 42.5 Å². The lowest BCUT2D eigenvalue weighted by Crippen LogP contribution is -2.26. The minimum atomic E-state index is -0.341. The highest BCUT2D eigenvalue weighted by Crippen LogP contribution is 2.31. The van der Waals surface area contributed by atoms with Crippen molar-refractivity contribution in [1.82, 2.24) is 0 Å². The number of hydrogen-bond donors (Lipinski definition) is 2. The fourth-order valence-electron chi connectivity index (χ4n) is 1.89. The van der Waals surface area contributed by atoms with Crippen molar-refractivity contribution >= 4 is 17.3 Å². The van der Waals surface area contributed by atoms with Gasteiger partial charge in [0, 0.05) is 18.4 Å². The number of phenolic OH excluding ortho intramolecular Hbond substituents is 1. The van der Waals surface area contributed by atoms with E-state index in [1.807, 2.05) is 0 Å². The Morgan fingerprint density at radius 2 is 1.95 bits per heavy atom. The number of nitrogen functional groups attached to an aromatic ring is 1. The van der Waals surface area contributed by atoms with E-state index in [2.05, 4.69) is 0 Å². The van der Waals surface area contributed by atoms with Crippen LogP contribution >= 0.6 is 0 Å². The van der Waals surface area contributed by atoms with Gasteiger partial charge in [-0.3, -0.25) is 4.79 Å². The maximum atomic E-state index is 12.4. The Morgan fingerprint density at radius 3 is 2.60 bits per heavy atom. The van der Waals surface area contributed by atoms with Crippen molar-refractivity contribution in [1.29, 1.82) is 0 Å². The van der Waals surface area contributed by atoms with Gasteiger partial charge in [-0.1, -0.05) is 12.1 Å². The molecule has 0 saturated carbocycles. The zero-order valence-electron chi connectivity index (χ0n) is 11.3. The van der Waals surface area contributed by atoms with E-state index in [0.717, 1.165) is 0 Å². The monoisotopic (exact) mass is 272 g/mol. The molecular formula is C15H16N2O3. The average molecular weight is 272 g/mol. The third-order valence-corrected chi connectivity index (χ3v) is 3.01. The van der Waals surface area contributed by atoms with Crippen LogP contribution in [0.2, 0.25) is 0 Å². The SMILES string of the molecule is COc1cccc(C(=O)N(C)c2cccc(N)c2)c1O. The van der Waals surface area contributed by atoms with Gasteiger partial charge in [0.25, 0.3) is 5.91 Å². The van der Waals surface area contributed by atoms with E-state index in [4.69, 9.17) is 10.5 Å². The van der Waals surface area contributed by atoms with Crippen molar-refractivity contribution in [2.24, 2.45) is 0 Å². The highest BCUT2D eigenvalue weighted by Gasteiger charge is 2.19. The highest BCUT2D eigenvalue weighted by atomic mass is 16.5. The van der Waals surface area contributed by atoms with Crippen LogP contribution < -0.4 is 15.4 Å². The van der Waals surface area contributed by atoms with Gasteiger partial charge >= 0.3 is 0 Å². The number of amides is 1. The number of phenols is 1. The molecule has 0 atom stereocenters. The van der Waals surface area contributed by atoms with Gasteiger partial charge in [-0.05, 0) is 30.3 Å². The number of nitrogens with zero attached hydrogens (tertiary/aromatic N) is 1. The van der Waals surface area contributed by atoms with Gasteiger partial charge in [0.05, 0.1) is 12.7 Å². The molecule has 5 heteroatoms. The summed E-state index contributed by atoms with van der Waals surface area (Å²) in [7, 11) is 3.06. The Bertz CT molecular complexity index is 641. The first-order valence-electron chi connectivity index (χ1n) is 6.04. The van der Waals surface area contributed by atoms with E-state index < -0.39 is 0 Å². The Balaban J connectivity index is 2.36. The van der Waals surface area contributed by atoms with Gasteiger partial charge in [0.2, 0.25) is 0 Å². The molecule has 0 spiro atoms. The third kappa shape index (κ3) is 2.51. The maximum Gasteiger partial charge on any atom is 0.261 e. The summed E-state index contributed by atoms with van der Waals surface area (Å²) < 4.78 is 5.00. The van der Waals surface area contributed by atoms with Gasteiger partial charge in [-0.15, -0.1) is 0 Å². The summed E-state index contributed by atoms with van der Waals surface area (Å²) >= 11 is 0. The number of hydrogen-bond acceptors (Lipinski definition) is 4. The molecule has 5 nitrogen and oxygen atoms in total. The number of methoxy groups -OCH3 is 1. The van der Waals surface area contributed by atoms with Crippen molar-refractivity contribution in [3.8, 4) is 11.5 Å². The molecule has 3 N–H and O–H groups in total. The molecule has 0 heterocycles. The van der Waals surface area contributed by atoms with Crippen molar-refractivity contribution < 1.29 is 14.6 Å². The lowest BCUT2D eigenvalue weighted by atomic mass is 10.1. The number of aromatic hydroxyl groups is 1. The Kier molecular flexibility index (Phi) is 3.79. The van der Waals surface area contributed by atoms with Gasteiger partial charge in [0.1, 0.15) is 0 Å². The molecule has 0 unspecified atom stereocenters. The van der Waals surface area contributed by atoms with Gasteiger partial charge in [-0.2, -0.15) is 0 Å². The summed E-state index contributed by atoms with van der Waals surface area (Å²) in [4.78, 5) is 13.8. The predicted molar refractivity (Wildman–Crippen MR) is 78.2 cm³/mol. The highest BCUT2D eigenvalue weighted by molar-refractivity contribution is 6.08. The largest absolute Gasteiger partial charge is 0.504 e. The first kappa shape index (κ1) is 13.7. The molecule has 0 fully saturated rings. The normalized spacial score (nSPS) is 10.1. The molecular weight excluding hydrogens is 256 g/mol. The van der Waals surface area contributed by atoms with Crippen LogP contribution in [0.25, 0.3) is 0 Å². The quantitative estimate of drug-likeness (QED) is 0.840. The lowest BCUT2D eigenvalue weighted by Gasteiger charge is -2.19. The molecule has 20 heavy (non-hydrogen) atoms. The van der Waals surface area contributed by atoms with Gasteiger partial charge in [-0.25, -0.2) is 0 Å². The van der Waals surface area contributed by atoms with Crippen LogP contribution in [-0.4, -0.2) is 25.2 Å². The molecule has 0 aliphatic heterocycles. The van der Waals surface area contributed by atoms with E-state index in [9.17, 15) is 9.90 Å². The molecule has 0 aliphatic carbocycles.